The van der Waals surface area contributed by atoms with Crippen molar-refractivity contribution in [2.75, 3.05) is 4.90 Å². The van der Waals surface area contributed by atoms with Gasteiger partial charge in [0.05, 0.1) is 62.1 Å². The van der Waals surface area contributed by atoms with Crippen LogP contribution in [0.4, 0.5) is 5.69 Å². The summed E-state index contributed by atoms with van der Waals surface area (Å²) in [6, 6.07) is 44.6. The Bertz CT molecular complexity index is 2720. The molecule has 0 saturated heterocycles. The quantitative estimate of drug-likeness (QED) is 0.189. The molecule has 0 N–H and O–H groups in total. The molecule has 0 bridgehead atoms. The molecule has 2 aromatic heterocycles. The number of carbonyl (C=O) groups is 2. The van der Waals surface area contributed by atoms with E-state index in [1.165, 1.54) is 0 Å². The van der Waals surface area contributed by atoms with E-state index in [0.717, 1.165) is 54.2 Å². The first-order valence-corrected chi connectivity index (χ1v) is 15.1. The van der Waals surface area contributed by atoms with E-state index in [1.807, 2.05) is 54.6 Å². The minimum Gasteiger partial charge on any atom is -0.309 e. The first kappa shape index (κ1) is 26.4. The number of hydrogen-bond acceptors (Lipinski definition) is 4. The Morgan fingerprint density at radius 1 is 0.447 bits per heavy atom. The van der Waals surface area contributed by atoms with Crippen molar-refractivity contribution >= 4 is 61.1 Å². The van der Waals surface area contributed by atoms with Gasteiger partial charge in [-0.2, -0.15) is 10.5 Å². The van der Waals surface area contributed by atoms with Gasteiger partial charge in [0.1, 0.15) is 0 Å². The third-order valence-electron chi connectivity index (χ3n) is 9.07. The third-order valence-corrected chi connectivity index (χ3v) is 9.07. The molecule has 1 aliphatic heterocycles. The van der Waals surface area contributed by atoms with Gasteiger partial charge in [-0.15, -0.1) is 0 Å². The van der Waals surface area contributed by atoms with E-state index in [-0.39, 0.29) is 0 Å². The number of amides is 2. The number of aromatic nitrogens is 2. The summed E-state index contributed by atoms with van der Waals surface area (Å²) >= 11 is 0. The first-order valence-electron chi connectivity index (χ1n) is 15.1. The molecular weight excluding hydrogens is 582 g/mol. The Hall–Kier alpha value is -6.96. The first-order chi connectivity index (χ1) is 23.1. The van der Waals surface area contributed by atoms with Crippen molar-refractivity contribution < 1.29 is 9.59 Å². The van der Waals surface area contributed by atoms with E-state index in [4.69, 9.17) is 0 Å². The average molecular weight is 604 g/mol. The maximum Gasteiger partial charge on any atom is 0.266 e. The van der Waals surface area contributed by atoms with Crippen LogP contribution in [0.25, 0.3) is 55.0 Å². The predicted molar refractivity (Wildman–Crippen MR) is 182 cm³/mol. The van der Waals surface area contributed by atoms with Crippen molar-refractivity contribution in [3.05, 3.63) is 150 Å². The molecule has 0 atom stereocenters. The minimum atomic E-state index is -0.411. The summed E-state index contributed by atoms with van der Waals surface area (Å²) in [6.45, 7) is 0. The summed E-state index contributed by atoms with van der Waals surface area (Å²) in [5, 5.41) is 23.7. The van der Waals surface area contributed by atoms with Crippen LogP contribution in [0, 0.1) is 22.7 Å². The maximum atomic E-state index is 13.5. The largest absolute Gasteiger partial charge is 0.309 e. The number of imide groups is 1. The molecule has 0 radical (unpaired) electrons. The van der Waals surface area contributed by atoms with Gasteiger partial charge in [0.2, 0.25) is 0 Å². The van der Waals surface area contributed by atoms with Gasteiger partial charge < -0.3 is 9.13 Å². The predicted octanol–water partition coefficient (Wildman–Crippen LogP) is 8.42. The monoisotopic (exact) mass is 603 g/mol. The highest BCUT2D eigenvalue weighted by atomic mass is 16.2. The number of fused-ring (bicyclic) bond motifs is 8. The van der Waals surface area contributed by atoms with Crippen molar-refractivity contribution in [2.24, 2.45) is 0 Å². The van der Waals surface area contributed by atoms with Crippen molar-refractivity contribution in [3.63, 3.8) is 0 Å². The van der Waals surface area contributed by atoms with Crippen molar-refractivity contribution in [3.8, 4) is 23.5 Å². The Kier molecular flexibility index (Phi) is 5.50. The van der Waals surface area contributed by atoms with Gasteiger partial charge in [0.15, 0.2) is 0 Å². The Labute approximate surface area is 267 Å². The Balaban J connectivity index is 1.34. The SMILES string of the molecule is N#Cc1ccc(-n2c3ccccc3c3c4c5ccccc5n(-c5cc(C#N)cc(N6C(=O)c7ccccc7C6=O)c5)c4ccc32)cc1. The molecular formula is C40H21N5O2. The Morgan fingerprint density at radius 2 is 0.936 bits per heavy atom. The van der Waals surface area contributed by atoms with Crippen LogP contribution in [-0.4, -0.2) is 20.9 Å². The number of rotatable bonds is 3. The van der Waals surface area contributed by atoms with E-state index in [2.05, 4.69) is 51.6 Å². The van der Waals surface area contributed by atoms with Crippen molar-refractivity contribution in [2.45, 2.75) is 0 Å². The fraction of sp³-hybridized carbons (Fsp3) is 0. The average Bonchev–Trinajstić information content (AvgIpc) is 3.73. The molecule has 0 saturated carbocycles. The third kappa shape index (κ3) is 3.66. The van der Waals surface area contributed by atoms with Gasteiger partial charge in [-0.25, -0.2) is 4.90 Å². The van der Waals surface area contributed by atoms with Gasteiger partial charge in [0.25, 0.3) is 11.8 Å². The second kappa shape index (κ2) is 9.77. The number of hydrogen-bond donors (Lipinski definition) is 0. The van der Waals surface area contributed by atoms with Crippen LogP contribution in [0.3, 0.4) is 0 Å². The number of carbonyl (C=O) groups excluding carboxylic acids is 2. The number of nitrogens with zero attached hydrogens (tertiary/aromatic N) is 5. The molecule has 3 heterocycles. The molecule has 9 rings (SSSR count). The van der Waals surface area contributed by atoms with Crippen LogP contribution in [-0.2, 0) is 0 Å². The number of anilines is 1. The lowest BCUT2D eigenvalue weighted by Crippen LogP contribution is -2.29. The molecule has 0 spiro atoms. The van der Waals surface area contributed by atoms with Gasteiger partial charge in [-0.3, -0.25) is 9.59 Å². The van der Waals surface area contributed by atoms with Crippen molar-refractivity contribution in [1.82, 2.24) is 9.13 Å². The molecule has 7 heteroatoms. The number of para-hydroxylation sites is 2. The minimum absolute atomic E-state index is 0.332. The molecule has 47 heavy (non-hydrogen) atoms. The molecule has 0 fully saturated rings. The zero-order valence-electron chi connectivity index (χ0n) is 24.7. The van der Waals surface area contributed by atoms with E-state index in [0.29, 0.717) is 33.6 Å². The summed E-state index contributed by atoms with van der Waals surface area (Å²) in [7, 11) is 0. The standard InChI is InChI=1S/C40H21N5O2/c41-22-24-13-15-26(16-14-24)43-33-11-5-3-9-31(33)37-35(43)17-18-36-38(37)32-10-4-6-12-34(32)44(36)27-19-25(23-42)20-28(21-27)45-39(46)29-7-1-2-8-30(29)40(45)47/h1-21H. The van der Waals surface area contributed by atoms with Crippen molar-refractivity contribution in [1.29, 1.82) is 10.5 Å². The van der Waals surface area contributed by atoms with Crippen LogP contribution in [0.1, 0.15) is 31.8 Å². The summed E-state index contributed by atoms with van der Waals surface area (Å²) in [6.07, 6.45) is 0. The summed E-state index contributed by atoms with van der Waals surface area (Å²) in [4.78, 5) is 28.1. The molecule has 1 aliphatic rings. The van der Waals surface area contributed by atoms with Crippen LogP contribution in [0.2, 0.25) is 0 Å². The van der Waals surface area contributed by atoms with E-state index in [9.17, 15) is 20.1 Å². The lowest BCUT2D eigenvalue weighted by Gasteiger charge is -2.17. The zero-order chi connectivity index (χ0) is 31.8. The van der Waals surface area contributed by atoms with Gasteiger partial charge in [-0.05, 0) is 78.9 Å². The van der Waals surface area contributed by atoms with Crippen LogP contribution in [0.5, 0.6) is 0 Å². The van der Waals surface area contributed by atoms with E-state index < -0.39 is 11.8 Å². The van der Waals surface area contributed by atoms with Crippen LogP contribution >= 0.6 is 0 Å². The fourth-order valence-electron chi connectivity index (χ4n) is 7.10. The highest BCUT2D eigenvalue weighted by molar-refractivity contribution is 6.34. The zero-order valence-corrected chi connectivity index (χ0v) is 24.7. The van der Waals surface area contributed by atoms with E-state index >= 15 is 0 Å². The summed E-state index contributed by atoms with van der Waals surface area (Å²) in [5.41, 5.74) is 7.48. The molecule has 7 nitrogen and oxygen atoms in total. The second-order valence-electron chi connectivity index (χ2n) is 11.6. The second-order valence-corrected chi connectivity index (χ2v) is 11.6. The normalized spacial score (nSPS) is 12.7. The number of benzene rings is 6. The summed E-state index contributed by atoms with van der Waals surface area (Å²) in [5.74, 6) is -0.822. The number of nitriles is 2. The van der Waals surface area contributed by atoms with Crippen LogP contribution in [0.15, 0.2) is 127 Å². The highest BCUT2D eigenvalue weighted by Gasteiger charge is 2.36. The maximum absolute atomic E-state index is 13.5. The lowest BCUT2D eigenvalue weighted by atomic mass is 10.1. The van der Waals surface area contributed by atoms with E-state index in [1.54, 1.807) is 42.5 Å². The molecule has 2 amide bonds. The topological polar surface area (TPSA) is 94.8 Å². The smallest absolute Gasteiger partial charge is 0.266 e. The molecule has 218 valence electrons. The molecule has 8 aromatic rings. The highest BCUT2D eigenvalue weighted by Crippen LogP contribution is 2.43. The summed E-state index contributed by atoms with van der Waals surface area (Å²) < 4.78 is 4.31. The molecule has 0 unspecified atom stereocenters. The van der Waals surface area contributed by atoms with Gasteiger partial charge >= 0.3 is 0 Å². The lowest BCUT2D eigenvalue weighted by molar-refractivity contribution is 0.0926. The fourth-order valence-corrected chi connectivity index (χ4v) is 7.10. The van der Waals surface area contributed by atoms with Gasteiger partial charge in [-0.1, -0.05) is 48.5 Å². The molecule has 0 aliphatic carbocycles. The van der Waals surface area contributed by atoms with Crippen LogP contribution < -0.4 is 4.90 Å². The Morgan fingerprint density at radius 3 is 1.49 bits per heavy atom. The molecule has 6 aromatic carbocycles. The van der Waals surface area contributed by atoms with Gasteiger partial charge in [0, 0.05) is 32.9 Å².